The van der Waals surface area contributed by atoms with Crippen LogP contribution in [0.25, 0.3) is 0 Å². The number of guanidine groups is 1. The fourth-order valence-electron chi connectivity index (χ4n) is 2.53. The highest BCUT2D eigenvalue weighted by atomic mass is 127. The van der Waals surface area contributed by atoms with Crippen LogP contribution in [-0.2, 0) is 10.0 Å². The number of ether oxygens (including phenoxy) is 1. The van der Waals surface area contributed by atoms with Gasteiger partial charge in [-0.05, 0) is 32.4 Å². The molecule has 26 heavy (non-hydrogen) atoms. The first-order chi connectivity index (χ1) is 12.0. The van der Waals surface area contributed by atoms with Crippen LogP contribution in [0.1, 0.15) is 18.9 Å². The van der Waals surface area contributed by atoms with Gasteiger partial charge in [-0.15, -0.1) is 24.0 Å². The molecule has 7 nitrogen and oxygen atoms in total. The minimum atomic E-state index is -3.05. The average molecular weight is 496 g/mol. The van der Waals surface area contributed by atoms with Gasteiger partial charge in [0.05, 0.1) is 18.8 Å². The van der Waals surface area contributed by atoms with Crippen molar-refractivity contribution in [3.8, 4) is 5.75 Å². The number of benzene rings is 1. The van der Waals surface area contributed by atoms with E-state index in [1.807, 2.05) is 38.1 Å². The quantitative estimate of drug-likeness (QED) is 0.247. The van der Waals surface area contributed by atoms with Gasteiger partial charge >= 0.3 is 0 Å². The summed E-state index contributed by atoms with van der Waals surface area (Å²) in [6, 6.07) is 7.93. The Morgan fingerprint density at radius 1 is 1.27 bits per heavy atom. The second kappa shape index (κ2) is 11.6. The summed E-state index contributed by atoms with van der Waals surface area (Å²) < 4.78 is 30.7. The fraction of sp³-hybridized carbons (Fsp3) is 0.588. The molecule has 2 N–H and O–H groups in total. The van der Waals surface area contributed by atoms with Gasteiger partial charge in [0.1, 0.15) is 12.4 Å². The fourth-order valence-corrected chi connectivity index (χ4v) is 4.05. The summed E-state index contributed by atoms with van der Waals surface area (Å²) in [5, 5.41) is 6.34. The molecule has 0 saturated carbocycles. The third kappa shape index (κ3) is 7.67. The Labute approximate surface area is 173 Å². The SMILES string of the molecule is CCNC(=NCCN1CCCS1(=O)=O)NCCOc1ccc(C)cc1.I. The van der Waals surface area contributed by atoms with Crippen molar-refractivity contribution in [2.45, 2.75) is 20.3 Å². The van der Waals surface area contributed by atoms with Crippen LogP contribution in [-0.4, -0.2) is 63.8 Å². The zero-order valence-electron chi connectivity index (χ0n) is 15.4. The van der Waals surface area contributed by atoms with Crippen LogP contribution in [0, 0.1) is 6.92 Å². The summed E-state index contributed by atoms with van der Waals surface area (Å²) in [5.41, 5.74) is 1.20. The Morgan fingerprint density at radius 3 is 2.62 bits per heavy atom. The molecule has 0 amide bonds. The summed E-state index contributed by atoms with van der Waals surface area (Å²) in [6.07, 6.45) is 0.709. The smallest absolute Gasteiger partial charge is 0.214 e. The Balaban J connectivity index is 0.00000338. The second-order valence-electron chi connectivity index (χ2n) is 5.92. The van der Waals surface area contributed by atoms with E-state index in [9.17, 15) is 8.42 Å². The molecule has 0 aliphatic carbocycles. The van der Waals surface area contributed by atoms with Crippen LogP contribution in [0.4, 0.5) is 0 Å². The molecule has 0 atom stereocenters. The topological polar surface area (TPSA) is 83.0 Å². The van der Waals surface area contributed by atoms with E-state index in [0.29, 0.717) is 45.2 Å². The number of nitrogens with one attached hydrogen (secondary N) is 2. The highest BCUT2D eigenvalue weighted by Gasteiger charge is 2.27. The zero-order chi connectivity index (χ0) is 18.1. The molecule has 0 radical (unpaired) electrons. The van der Waals surface area contributed by atoms with Gasteiger partial charge in [0, 0.05) is 19.6 Å². The maximum atomic E-state index is 11.8. The van der Waals surface area contributed by atoms with Crippen molar-refractivity contribution in [2.75, 3.05) is 45.1 Å². The van der Waals surface area contributed by atoms with E-state index < -0.39 is 10.0 Å². The normalized spacial score (nSPS) is 16.8. The standard InChI is InChI=1S/C17H28N4O3S.HI/c1-3-18-17(19-9-12-21-11-4-14-25(21,22)23)20-10-13-24-16-7-5-15(2)6-8-16;/h5-8H,3-4,9-14H2,1-2H3,(H2,18,19,20);1H. The molecule has 2 rings (SSSR count). The minimum Gasteiger partial charge on any atom is -0.492 e. The van der Waals surface area contributed by atoms with Gasteiger partial charge in [-0.2, -0.15) is 0 Å². The number of rotatable bonds is 8. The molecule has 1 fully saturated rings. The van der Waals surface area contributed by atoms with Crippen LogP contribution in [0.3, 0.4) is 0 Å². The van der Waals surface area contributed by atoms with E-state index in [1.165, 1.54) is 9.87 Å². The van der Waals surface area contributed by atoms with Crippen molar-refractivity contribution in [2.24, 2.45) is 4.99 Å². The van der Waals surface area contributed by atoms with Gasteiger partial charge in [0.2, 0.25) is 10.0 Å². The predicted molar refractivity (Wildman–Crippen MR) is 116 cm³/mol. The molecular formula is C17H29IN4O3S. The van der Waals surface area contributed by atoms with Gasteiger partial charge in [-0.25, -0.2) is 12.7 Å². The second-order valence-corrected chi connectivity index (χ2v) is 8.01. The summed E-state index contributed by atoms with van der Waals surface area (Å²) in [6.45, 7) is 7.38. The molecule has 0 bridgehead atoms. The van der Waals surface area contributed by atoms with Crippen molar-refractivity contribution >= 4 is 40.0 Å². The van der Waals surface area contributed by atoms with Crippen molar-refractivity contribution in [1.29, 1.82) is 0 Å². The van der Waals surface area contributed by atoms with E-state index >= 15 is 0 Å². The maximum Gasteiger partial charge on any atom is 0.214 e. The van der Waals surface area contributed by atoms with Crippen molar-refractivity contribution in [3.05, 3.63) is 29.8 Å². The number of halogens is 1. The molecular weight excluding hydrogens is 467 g/mol. The lowest BCUT2D eigenvalue weighted by atomic mass is 10.2. The molecule has 9 heteroatoms. The summed E-state index contributed by atoms with van der Waals surface area (Å²) >= 11 is 0. The van der Waals surface area contributed by atoms with Crippen molar-refractivity contribution in [3.63, 3.8) is 0 Å². The largest absolute Gasteiger partial charge is 0.492 e. The Hall–Kier alpha value is -1.07. The van der Waals surface area contributed by atoms with Crippen LogP contribution in [0.15, 0.2) is 29.3 Å². The average Bonchev–Trinajstić information content (AvgIpc) is 2.92. The van der Waals surface area contributed by atoms with Gasteiger partial charge in [0.15, 0.2) is 5.96 Å². The van der Waals surface area contributed by atoms with E-state index in [4.69, 9.17) is 4.74 Å². The molecule has 1 aliphatic heterocycles. The van der Waals surface area contributed by atoms with Crippen LogP contribution in [0.2, 0.25) is 0 Å². The van der Waals surface area contributed by atoms with Gasteiger partial charge in [-0.1, -0.05) is 17.7 Å². The number of sulfonamides is 1. The minimum absolute atomic E-state index is 0. The number of hydrogen-bond acceptors (Lipinski definition) is 4. The van der Waals surface area contributed by atoms with Gasteiger partial charge in [-0.3, -0.25) is 4.99 Å². The number of nitrogens with zero attached hydrogens (tertiary/aromatic N) is 2. The van der Waals surface area contributed by atoms with Crippen LogP contribution >= 0.6 is 24.0 Å². The van der Waals surface area contributed by atoms with Crippen LogP contribution in [0.5, 0.6) is 5.75 Å². The van der Waals surface area contributed by atoms with Crippen molar-refractivity contribution in [1.82, 2.24) is 14.9 Å². The summed E-state index contributed by atoms with van der Waals surface area (Å²) in [5.74, 6) is 1.77. The monoisotopic (exact) mass is 496 g/mol. The predicted octanol–water partition coefficient (Wildman–Crippen LogP) is 1.58. The lowest BCUT2D eigenvalue weighted by molar-refractivity contribution is 0.322. The first kappa shape index (κ1) is 23.0. The van der Waals surface area contributed by atoms with Crippen LogP contribution < -0.4 is 15.4 Å². The van der Waals surface area contributed by atoms with E-state index in [-0.39, 0.29) is 29.7 Å². The lowest BCUT2D eigenvalue weighted by Gasteiger charge is -2.14. The molecule has 1 saturated heterocycles. The number of hydrogen-bond donors (Lipinski definition) is 2. The molecule has 0 unspecified atom stereocenters. The molecule has 148 valence electrons. The molecule has 1 heterocycles. The van der Waals surface area contributed by atoms with Crippen molar-refractivity contribution < 1.29 is 13.2 Å². The zero-order valence-corrected chi connectivity index (χ0v) is 18.5. The maximum absolute atomic E-state index is 11.8. The third-order valence-electron chi connectivity index (χ3n) is 3.85. The molecule has 1 aromatic rings. The number of aryl methyl sites for hydroxylation is 1. The Morgan fingerprint density at radius 2 is 2.00 bits per heavy atom. The third-order valence-corrected chi connectivity index (χ3v) is 5.81. The van der Waals surface area contributed by atoms with E-state index in [0.717, 1.165) is 12.3 Å². The Bertz CT molecular complexity index is 665. The lowest BCUT2D eigenvalue weighted by Crippen LogP contribution is -2.40. The van der Waals surface area contributed by atoms with E-state index in [2.05, 4.69) is 15.6 Å². The van der Waals surface area contributed by atoms with Gasteiger partial charge in [0.25, 0.3) is 0 Å². The van der Waals surface area contributed by atoms with Gasteiger partial charge < -0.3 is 15.4 Å². The summed E-state index contributed by atoms with van der Waals surface area (Å²) in [7, 11) is -3.05. The first-order valence-electron chi connectivity index (χ1n) is 8.71. The number of aliphatic imine (C=N–C) groups is 1. The highest BCUT2D eigenvalue weighted by molar-refractivity contribution is 14.0. The molecule has 0 aromatic heterocycles. The molecule has 1 aromatic carbocycles. The summed E-state index contributed by atoms with van der Waals surface area (Å²) in [4.78, 5) is 4.43. The Kier molecular flexibility index (Phi) is 10.3. The highest BCUT2D eigenvalue weighted by Crippen LogP contribution is 2.12. The molecule has 1 aliphatic rings. The van der Waals surface area contributed by atoms with E-state index in [1.54, 1.807) is 0 Å². The molecule has 0 spiro atoms. The first-order valence-corrected chi connectivity index (χ1v) is 10.3.